The minimum absolute atomic E-state index is 0.400. The number of hydrogen-bond donors (Lipinski definition) is 1. The summed E-state index contributed by atoms with van der Waals surface area (Å²) in [5, 5.41) is 8.19. The predicted molar refractivity (Wildman–Crippen MR) is 92.6 cm³/mol. The average Bonchev–Trinajstić information content (AvgIpc) is 3.02. The molecule has 6 heteroatoms. The molecule has 3 heterocycles. The van der Waals surface area contributed by atoms with Crippen LogP contribution in [0.2, 0.25) is 0 Å². The average molecular weight is 322 g/mol. The molecular formula is C18H22N6. The first-order chi connectivity index (χ1) is 11.7. The highest BCUT2D eigenvalue weighted by molar-refractivity contribution is 5.74. The van der Waals surface area contributed by atoms with E-state index < -0.39 is 0 Å². The summed E-state index contributed by atoms with van der Waals surface area (Å²) in [6.45, 7) is 5.74. The molecule has 4 rings (SSSR count). The van der Waals surface area contributed by atoms with E-state index in [2.05, 4.69) is 32.0 Å². The fourth-order valence-corrected chi connectivity index (χ4v) is 3.21. The molecule has 124 valence electrons. The lowest BCUT2D eigenvalue weighted by molar-refractivity contribution is 0.356. The molecular weight excluding hydrogens is 300 g/mol. The van der Waals surface area contributed by atoms with E-state index in [9.17, 15) is 0 Å². The van der Waals surface area contributed by atoms with E-state index in [1.54, 1.807) is 0 Å². The Bertz CT molecular complexity index is 869. The highest BCUT2D eigenvalue weighted by Crippen LogP contribution is 2.15. The van der Waals surface area contributed by atoms with Gasteiger partial charge in [-0.1, -0.05) is 19.1 Å². The van der Waals surface area contributed by atoms with E-state index in [-0.39, 0.29) is 0 Å². The van der Waals surface area contributed by atoms with Gasteiger partial charge in [0.05, 0.1) is 29.0 Å². The number of aromatic nitrogens is 5. The fraction of sp³-hybridized carbons (Fsp3) is 0.444. The number of aryl methyl sites for hydroxylation is 3. The van der Waals surface area contributed by atoms with Gasteiger partial charge in [0.2, 0.25) is 0 Å². The van der Waals surface area contributed by atoms with Crippen molar-refractivity contribution in [3.05, 3.63) is 47.3 Å². The summed E-state index contributed by atoms with van der Waals surface area (Å²) in [5.41, 5.74) is 3.92. The fourth-order valence-electron chi connectivity index (χ4n) is 3.21. The van der Waals surface area contributed by atoms with Crippen LogP contribution < -0.4 is 5.32 Å². The van der Waals surface area contributed by atoms with Gasteiger partial charge in [0, 0.05) is 25.4 Å². The zero-order valence-electron chi connectivity index (χ0n) is 14.2. The molecule has 0 amide bonds. The summed E-state index contributed by atoms with van der Waals surface area (Å²) < 4.78 is 2.05. The van der Waals surface area contributed by atoms with Crippen LogP contribution in [0, 0.1) is 6.92 Å². The maximum Gasteiger partial charge on any atom is 0.150 e. The number of para-hydroxylation sites is 2. The van der Waals surface area contributed by atoms with Crippen LogP contribution in [-0.4, -0.2) is 30.8 Å². The Morgan fingerprint density at radius 1 is 1.17 bits per heavy atom. The van der Waals surface area contributed by atoms with Crippen LogP contribution in [-0.2, 0) is 25.9 Å². The Balaban J connectivity index is 1.46. The first-order valence-corrected chi connectivity index (χ1v) is 8.61. The Kier molecular flexibility index (Phi) is 3.98. The maximum atomic E-state index is 4.76. The molecule has 1 N–H and O–H groups in total. The smallest absolute Gasteiger partial charge is 0.150 e. The first-order valence-electron chi connectivity index (χ1n) is 8.61. The number of benzene rings is 1. The van der Waals surface area contributed by atoms with E-state index in [4.69, 9.17) is 4.98 Å². The molecule has 3 aromatic rings. The second-order valence-electron chi connectivity index (χ2n) is 6.34. The molecule has 2 aromatic heterocycles. The Morgan fingerprint density at radius 2 is 1.96 bits per heavy atom. The largest absolute Gasteiger partial charge is 0.306 e. The SMILES string of the molecule is CCc1nc2n(n1)C[C@@H](NCc1nc3ccccc3nc1C)CC2. The molecule has 1 atom stereocenters. The molecule has 0 saturated heterocycles. The topological polar surface area (TPSA) is 68.5 Å². The predicted octanol–water partition coefficient (Wildman–Crippen LogP) is 2.20. The van der Waals surface area contributed by atoms with Crippen molar-refractivity contribution in [1.29, 1.82) is 0 Å². The van der Waals surface area contributed by atoms with Crippen molar-refractivity contribution >= 4 is 11.0 Å². The van der Waals surface area contributed by atoms with Crippen molar-refractivity contribution in [2.75, 3.05) is 0 Å². The van der Waals surface area contributed by atoms with Gasteiger partial charge in [-0.25, -0.2) is 19.6 Å². The van der Waals surface area contributed by atoms with Gasteiger partial charge in [0.15, 0.2) is 5.82 Å². The molecule has 6 nitrogen and oxygen atoms in total. The van der Waals surface area contributed by atoms with Crippen LogP contribution in [0.15, 0.2) is 24.3 Å². The van der Waals surface area contributed by atoms with Gasteiger partial charge in [0.1, 0.15) is 5.82 Å². The molecule has 1 aliphatic rings. The van der Waals surface area contributed by atoms with Crippen LogP contribution in [0.25, 0.3) is 11.0 Å². The first kappa shape index (κ1) is 15.2. The van der Waals surface area contributed by atoms with Crippen LogP contribution >= 0.6 is 0 Å². The van der Waals surface area contributed by atoms with Crippen molar-refractivity contribution < 1.29 is 0 Å². The van der Waals surface area contributed by atoms with E-state index in [1.165, 1.54) is 0 Å². The van der Waals surface area contributed by atoms with E-state index >= 15 is 0 Å². The number of fused-ring (bicyclic) bond motifs is 2. The second-order valence-corrected chi connectivity index (χ2v) is 6.34. The van der Waals surface area contributed by atoms with Crippen LogP contribution in [0.3, 0.4) is 0 Å². The number of hydrogen-bond acceptors (Lipinski definition) is 5. The number of rotatable bonds is 4. The molecule has 0 unspecified atom stereocenters. The van der Waals surface area contributed by atoms with Crippen molar-refractivity contribution in [3.8, 4) is 0 Å². The standard InChI is InChI=1S/C18H22N6/c1-3-17-22-18-9-8-13(11-24(18)23-17)19-10-16-12(2)20-14-6-4-5-7-15(14)21-16/h4-7,13,19H,3,8-11H2,1-2H3/t13-/m0/s1. The Labute approximate surface area is 141 Å². The van der Waals surface area contributed by atoms with E-state index in [1.807, 2.05) is 31.2 Å². The van der Waals surface area contributed by atoms with Crippen molar-refractivity contribution in [1.82, 2.24) is 30.0 Å². The summed E-state index contributed by atoms with van der Waals surface area (Å²) in [4.78, 5) is 14.0. The molecule has 1 aliphatic heterocycles. The highest BCUT2D eigenvalue weighted by Gasteiger charge is 2.21. The van der Waals surface area contributed by atoms with Gasteiger partial charge in [-0.15, -0.1) is 0 Å². The quantitative estimate of drug-likeness (QED) is 0.797. The van der Waals surface area contributed by atoms with Gasteiger partial charge < -0.3 is 5.32 Å². The lowest BCUT2D eigenvalue weighted by atomic mass is 10.1. The zero-order valence-corrected chi connectivity index (χ0v) is 14.2. The van der Waals surface area contributed by atoms with Crippen LogP contribution in [0.4, 0.5) is 0 Å². The molecule has 0 spiro atoms. The van der Waals surface area contributed by atoms with Gasteiger partial charge in [-0.3, -0.25) is 0 Å². The number of nitrogens with one attached hydrogen (secondary N) is 1. The molecule has 24 heavy (non-hydrogen) atoms. The molecule has 1 aromatic carbocycles. The lowest BCUT2D eigenvalue weighted by Crippen LogP contribution is -2.37. The summed E-state index contributed by atoms with van der Waals surface area (Å²) in [6, 6.07) is 8.42. The summed E-state index contributed by atoms with van der Waals surface area (Å²) in [5.74, 6) is 2.06. The van der Waals surface area contributed by atoms with Gasteiger partial charge in [0.25, 0.3) is 0 Å². The zero-order chi connectivity index (χ0) is 16.5. The summed E-state index contributed by atoms with van der Waals surface area (Å²) in [7, 11) is 0. The monoisotopic (exact) mass is 322 g/mol. The van der Waals surface area contributed by atoms with Crippen LogP contribution in [0.5, 0.6) is 0 Å². The van der Waals surface area contributed by atoms with Gasteiger partial charge >= 0.3 is 0 Å². The van der Waals surface area contributed by atoms with E-state index in [0.717, 1.165) is 66.4 Å². The second kappa shape index (κ2) is 6.28. The van der Waals surface area contributed by atoms with Crippen molar-refractivity contribution in [3.63, 3.8) is 0 Å². The Morgan fingerprint density at radius 3 is 2.75 bits per heavy atom. The minimum atomic E-state index is 0.400. The molecule has 0 saturated carbocycles. The van der Waals surface area contributed by atoms with Crippen LogP contribution in [0.1, 0.15) is 36.4 Å². The third-order valence-corrected chi connectivity index (χ3v) is 4.62. The number of nitrogens with zero attached hydrogens (tertiary/aromatic N) is 5. The Hall–Kier alpha value is -2.34. The van der Waals surface area contributed by atoms with Crippen molar-refractivity contribution in [2.24, 2.45) is 0 Å². The molecule has 0 aliphatic carbocycles. The van der Waals surface area contributed by atoms with Gasteiger partial charge in [-0.2, -0.15) is 5.10 Å². The summed E-state index contributed by atoms with van der Waals surface area (Å²) >= 11 is 0. The third kappa shape index (κ3) is 2.89. The van der Waals surface area contributed by atoms with E-state index in [0.29, 0.717) is 6.04 Å². The normalized spacial score (nSPS) is 17.2. The summed E-state index contributed by atoms with van der Waals surface area (Å²) in [6.07, 6.45) is 2.96. The molecule has 0 radical (unpaired) electrons. The van der Waals surface area contributed by atoms with Crippen molar-refractivity contribution in [2.45, 2.75) is 52.2 Å². The maximum absolute atomic E-state index is 4.76. The highest BCUT2D eigenvalue weighted by atomic mass is 15.4. The molecule has 0 fully saturated rings. The minimum Gasteiger partial charge on any atom is -0.306 e. The lowest BCUT2D eigenvalue weighted by Gasteiger charge is -2.23. The third-order valence-electron chi connectivity index (χ3n) is 4.62. The molecule has 0 bridgehead atoms. The van der Waals surface area contributed by atoms with Gasteiger partial charge in [-0.05, 0) is 25.5 Å².